The Morgan fingerprint density at radius 2 is 1.77 bits per heavy atom. The minimum absolute atomic E-state index is 0.0998. The summed E-state index contributed by atoms with van der Waals surface area (Å²) in [6, 6.07) is 8.29. The van der Waals surface area contributed by atoms with Gasteiger partial charge in [-0.1, -0.05) is 12.1 Å². The first kappa shape index (κ1) is 22.2. The summed E-state index contributed by atoms with van der Waals surface area (Å²) in [5.74, 6) is 1.03. The molecule has 2 fully saturated rings. The number of nitrogens with zero attached hydrogens (tertiary/aromatic N) is 2. The first-order chi connectivity index (χ1) is 14.6. The zero-order chi connectivity index (χ0) is 21.3. The van der Waals surface area contributed by atoms with Gasteiger partial charge in [0.05, 0.1) is 45.1 Å². The Morgan fingerprint density at radius 3 is 2.43 bits per heavy atom. The van der Waals surface area contributed by atoms with E-state index in [1.54, 1.807) is 4.90 Å². The van der Waals surface area contributed by atoms with Gasteiger partial charge in [0, 0.05) is 19.1 Å². The number of piperazine rings is 1. The van der Waals surface area contributed by atoms with E-state index in [1.165, 1.54) is 4.90 Å². The second kappa shape index (κ2) is 11.1. The third kappa shape index (κ3) is 6.01. The van der Waals surface area contributed by atoms with Crippen molar-refractivity contribution in [2.75, 3.05) is 63.9 Å². The molecule has 2 aliphatic rings. The summed E-state index contributed by atoms with van der Waals surface area (Å²) in [5, 5.41) is 3.15. The fourth-order valence-electron chi connectivity index (χ4n) is 4.16. The Balaban J connectivity index is 1.39. The number of quaternary nitrogens is 1. The molecule has 0 spiro atoms. The maximum Gasteiger partial charge on any atom is 0.409 e. The van der Waals surface area contributed by atoms with Crippen molar-refractivity contribution in [3.8, 4) is 5.75 Å². The van der Waals surface area contributed by atoms with E-state index in [0.717, 1.165) is 50.5 Å². The molecule has 1 aromatic rings. The number of carbonyl (C=O) groups is 2. The summed E-state index contributed by atoms with van der Waals surface area (Å²) < 4.78 is 10.8. The average Bonchev–Trinajstić information content (AvgIpc) is 2.76. The van der Waals surface area contributed by atoms with Crippen molar-refractivity contribution in [2.24, 2.45) is 0 Å². The van der Waals surface area contributed by atoms with Gasteiger partial charge in [-0.15, -0.1) is 0 Å². The summed E-state index contributed by atoms with van der Waals surface area (Å²) >= 11 is 0. The number of ether oxygens (including phenoxy) is 2. The Morgan fingerprint density at radius 1 is 1.07 bits per heavy atom. The van der Waals surface area contributed by atoms with E-state index < -0.39 is 0 Å². The Bertz CT molecular complexity index is 698. The second-order valence-corrected chi connectivity index (χ2v) is 7.84. The highest BCUT2D eigenvalue weighted by molar-refractivity contribution is 5.77. The highest BCUT2D eigenvalue weighted by Gasteiger charge is 2.27. The lowest BCUT2D eigenvalue weighted by atomic mass is 10.1. The molecule has 2 N–H and O–H groups in total. The van der Waals surface area contributed by atoms with Gasteiger partial charge < -0.3 is 29.5 Å². The molecule has 0 radical (unpaired) electrons. The third-order valence-corrected chi connectivity index (χ3v) is 5.77. The highest BCUT2D eigenvalue weighted by atomic mass is 16.6. The Kier molecular flexibility index (Phi) is 8.19. The van der Waals surface area contributed by atoms with Gasteiger partial charge in [-0.25, -0.2) is 4.79 Å². The van der Waals surface area contributed by atoms with E-state index in [9.17, 15) is 9.59 Å². The predicted molar refractivity (Wildman–Crippen MR) is 115 cm³/mol. The number of hydrogen-bond donors (Lipinski definition) is 2. The SMILES string of the molecule is CCOC(=O)N1CCC(NC(=O)C[NH+]2CCN(c3ccccc3OCC)CC2)CC1. The van der Waals surface area contributed by atoms with Crippen molar-refractivity contribution >= 4 is 17.7 Å². The number of nitrogens with one attached hydrogen (secondary N) is 2. The van der Waals surface area contributed by atoms with Crippen molar-refractivity contribution < 1.29 is 24.0 Å². The van der Waals surface area contributed by atoms with Crippen molar-refractivity contribution in [1.82, 2.24) is 10.2 Å². The van der Waals surface area contributed by atoms with Crippen LogP contribution in [0.4, 0.5) is 10.5 Å². The molecule has 0 aromatic heterocycles. The second-order valence-electron chi connectivity index (χ2n) is 7.84. The van der Waals surface area contributed by atoms with E-state index in [0.29, 0.717) is 32.8 Å². The van der Waals surface area contributed by atoms with Gasteiger partial charge >= 0.3 is 6.09 Å². The minimum Gasteiger partial charge on any atom is -0.492 e. The van der Waals surface area contributed by atoms with Crippen LogP contribution in [0.25, 0.3) is 0 Å². The number of anilines is 1. The van der Waals surface area contributed by atoms with Gasteiger partial charge in [-0.05, 0) is 38.8 Å². The number of likely N-dealkylation sites (tertiary alicyclic amines) is 1. The summed E-state index contributed by atoms with van der Waals surface area (Å²) in [4.78, 5) is 29.7. The highest BCUT2D eigenvalue weighted by Crippen LogP contribution is 2.27. The topological polar surface area (TPSA) is 75.5 Å². The molecule has 8 heteroatoms. The van der Waals surface area contributed by atoms with Crippen LogP contribution in [0.3, 0.4) is 0 Å². The molecule has 0 atom stereocenters. The van der Waals surface area contributed by atoms with E-state index in [4.69, 9.17) is 9.47 Å². The summed E-state index contributed by atoms with van der Waals surface area (Å²) in [7, 11) is 0. The van der Waals surface area contributed by atoms with Crippen LogP contribution >= 0.6 is 0 Å². The number of carbonyl (C=O) groups excluding carboxylic acids is 2. The Hall–Kier alpha value is -2.48. The van der Waals surface area contributed by atoms with E-state index >= 15 is 0 Å². The molecule has 0 unspecified atom stereocenters. The predicted octanol–water partition coefficient (Wildman–Crippen LogP) is 0.527. The monoisotopic (exact) mass is 419 g/mol. The van der Waals surface area contributed by atoms with Crippen LogP contribution in [-0.2, 0) is 9.53 Å². The summed E-state index contributed by atoms with van der Waals surface area (Å²) in [6.07, 6.45) is 1.31. The fourth-order valence-corrected chi connectivity index (χ4v) is 4.16. The van der Waals surface area contributed by atoms with Gasteiger partial charge in [0.25, 0.3) is 5.91 Å². The normalized spacial score (nSPS) is 18.2. The molecule has 0 aliphatic carbocycles. The van der Waals surface area contributed by atoms with E-state index in [-0.39, 0.29) is 18.0 Å². The maximum absolute atomic E-state index is 12.5. The first-order valence-corrected chi connectivity index (χ1v) is 11.1. The summed E-state index contributed by atoms with van der Waals surface area (Å²) in [5.41, 5.74) is 1.14. The number of hydrogen-bond acceptors (Lipinski definition) is 5. The Labute approximate surface area is 179 Å². The standard InChI is InChI=1S/C22H34N4O4/c1-3-29-20-8-6-5-7-19(20)25-15-13-24(14-16-25)17-21(27)23-18-9-11-26(12-10-18)22(28)30-4-2/h5-8,18H,3-4,9-17H2,1-2H3,(H,23,27)/p+1. The van der Waals surface area contributed by atoms with Crippen LogP contribution in [0.1, 0.15) is 26.7 Å². The quantitative estimate of drug-likeness (QED) is 0.674. The van der Waals surface area contributed by atoms with Crippen molar-refractivity contribution in [3.63, 3.8) is 0 Å². The molecule has 3 rings (SSSR count). The van der Waals surface area contributed by atoms with Gasteiger partial charge in [0.1, 0.15) is 5.75 Å². The molecular formula is C22H35N4O4+. The van der Waals surface area contributed by atoms with Crippen LogP contribution in [0, 0.1) is 0 Å². The van der Waals surface area contributed by atoms with Crippen LogP contribution in [0.2, 0.25) is 0 Å². The fraction of sp³-hybridized carbons (Fsp3) is 0.636. The van der Waals surface area contributed by atoms with Gasteiger partial charge in [-0.2, -0.15) is 0 Å². The molecule has 0 bridgehead atoms. The maximum atomic E-state index is 12.5. The van der Waals surface area contributed by atoms with Crippen molar-refractivity contribution in [3.05, 3.63) is 24.3 Å². The number of para-hydroxylation sites is 2. The van der Waals surface area contributed by atoms with Gasteiger partial charge in [-0.3, -0.25) is 4.79 Å². The molecule has 2 aliphatic heterocycles. The lowest BCUT2D eigenvalue weighted by Gasteiger charge is -2.35. The molecule has 2 amide bonds. The average molecular weight is 420 g/mol. The smallest absolute Gasteiger partial charge is 0.409 e. The van der Waals surface area contributed by atoms with Crippen molar-refractivity contribution in [2.45, 2.75) is 32.7 Å². The molecular weight excluding hydrogens is 384 g/mol. The van der Waals surface area contributed by atoms with E-state index in [2.05, 4.69) is 16.3 Å². The molecule has 8 nitrogen and oxygen atoms in total. The number of benzene rings is 1. The minimum atomic E-state index is -0.254. The zero-order valence-corrected chi connectivity index (χ0v) is 18.2. The molecule has 2 saturated heterocycles. The first-order valence-electron chi connectivity index (χ1n) is 11.1. The van der Waals surface area contributed by atoms with Gasteiger partial charge in [0.2, 0.25) is 0 Å². The summed E-state index contributed by atoms with van der Waals surface area (Å²) in [6.45, 7) is 10.3. The molecule has 30 heavy (non-hydrogen) atoms. The van der Waals surface area contributed by atoms with Gasteiger partial charge in [0.15, 0.2) is 6.54 Å². The van der Waals surface area contributed by atoms with Crippen LogP contribution in [0.5, 0.6) is 5.75 Å². The lowest BCUT2D eigenvalue weighted by Crippen LogP contribution is -3.16. The van der Waals surface area contributed by atoms with Crippen molar-refractivity contribution in [1.29, 1.82) is 0 Å². The van der Waals surface area contributed by atoms with Crippen LogP contribution in [-0.4, -0.2) is 82.0 Å². The number of piperidine rings is 1. The molecule has 0 saturated carbocycles. The molecule has 2 heterocycles. The third-order valence-electron chi connectivity index (χ3n) is 5.77. The molecule has 1 aromatic carbocycles. The lowest BCUT2D eigenvalue weighted by molar-refractivity contribution is -0.892. The molecule has 166 valence electrons. The van der Waals surface area contributed by atoms with E-state index in [1.807, 2.05) is 32.0 Å². The number of amides is 2. The van der Waals surface area contributed by atoms with Crippen LogP contribution < -0.4 is 19.9 Å². The largest absolute Gasteiger partial charge is 0.492 e. The number of rotatable bonds is 7. The van der Waals surface area contributed by atoms with Crippen LogP contribution in [0.15, 0.2) is 24.3 Å². The zero-order valence-electron chi connectivity index (χ0n) is 18.2.